The summed E-state index contributed by atoms with van der Waals surface area (Å²) < 4.78 is 0. The van der Waals surface area contributed by atoms with E-state index < -0.39 is 0 Å². The van der Waals surface area contributed by atoms with E-state index in [-0.39, 0.29) is 6.04 Å². The van der Waals surface area contributed by atoms with Crippen molar-refractivity contribution in [1.82, 2.24) is 0 Å². The lowest BCUT2D eigenvalue weighted by Gasteiger charge is -2.14. The van der Waals surface area contributed by atoms with E-state index in [0.29, 0.717) is 0 Å². The Balaban J connectivity index is 2.99. The normalized spacial score (nSPS) is 11.6. The van der Waals surface area contributed by atoms with Crippen molar-refractivity contribution in [2.75, 3.05) is 19.0 Å². The van der Waals surface area contributed by atoms with Gasteiger partial charge in [-0.25, -0.2) is 10.4 Å². The summed E-state index contributed by atoms with van der Waals surface area (Å²) >= 11 is 0. The fourth-order valence-corrected chi connectivity index (χ4v) is 1.23. The van der Waals surface area contributed by atoms with Gasteiger partial charge in [0.1, 0.15) is 0 Å². The Bertz CT molecular complexity index is 351. The summed E-state index contributed by atoms with van der Waals surface area (Å²) in [7, 11) is 4.01. The Hall–Kier alpha value is -1.60. The molecule has 3 nitrogen and oxygen atoms in total. The molecule has 14 heavy (non-hydrogen) atoms. The predicted molar refractivity (Wildman–Crippen MR) is 59.3 cm³/mol. The molecule has 0 spiro atoms. The molecule has 1 unspecified atom stereocenters. The summed E-state index contributed by atoms with van der Waals surface area (Å²) in [4.78, 5) is 5.94. The summed E-state index contributed by atoms with van der Waals surface area (Å²) in [5, 5.41) is 6.79. The number of hydrogen-bond acceptors (Lipinski definition) is 3. The second-order valence-corrected chi connectivity index (χ2v) is 3.41. The van der Waals surface area contributed by atoms with Crippen LogP contribution >= 0.6 is 0 Å². The molecule has 0 bridgehead atoms. The first-order valence-electron chi connectivity index (χ1n) is 4.54. The lowest BCUT2D eigenvalue weighted by atomic mass is 10.1. The highest BCUT2D eigenvalue weighted by molar-refractivity contribution is 5.48. The van der Waals surface area contributed by atoms with Crippen molar-refractivity contribution >= 4 is 11.7 Å². The van der Waals surface area contributed by atoms with E-state index in [2.05, 4.69) is 17.1 Å². The third-order valence-electron chi connectivity index (χ3n) is 2.13. The lowest BCUT2D eigenvalue weighted by molar-refractivity contribution is 0.824. The van der Waals surface area contributed by atoms with Crippen LogP contribution in [0.15, 0.2) is 29.3 Å². The van der Waals surface area contributed by atoms with Crippen molar-refractivity contribution in [3.63, 3.8) is 0 Å². The molecule has 0 fully saturated rings. The number of rotatable bonds is 3. The molecule has 0 amide bonds. The van der Waals surface area contributed by atoms with Gasteiger partial charge in [0.2, 0.25) is 0 Å². The minimum Gasteiger partial charge on any atom is -0.378 e. The SMILES string of the molecule is CC(N=C=N)c1cccc(N(C)C)c1. The number of hydrogen-bond donors (Lipinski definition) is 1. The van der Waals surface area contributed by atoms with Crippen molar-refractivity contribution in [2.45, 2.75) is 13.0 Å². The van der Waals surface area contributed by atoms with Crippen LogP contribution in [0, 0.1) is 5.41 Å². The van der Waals surface area contributed by atoms with Gasteiger partial charge in [0.15, 0.2) is 0 Å². The van der Waals surface area contributed by atoms with Crippen molar-refractivity contribution < 1.29 is 0 Å². The van der Waals surface area contributed by atoms with Crippen LogP contribution in [0.25, 0.3) is 0 Å². The Morgan fingerprint density at radius 2 is 2.14 bits per heavy atom. The van der Waals surface area contributed by atoms with Crippen LogP contribution in [0.4, 0.5) is 5.69 Å². The van der Waals surface area contributed by atoms with Crippen LogP contribution in [0.3, 0.4) is 0 Å². The summed E-state index contributed by atoms with van der Waals surface area (Å²) in [5.41, 5.74) is 2.26. The molecule has 0 saturated carbocycles. The summed E-state index contributed by atoms with van der Waals surface area (Å²) in [6, 6.07) is 10.2. The first-order chi connectivity index (χ1) is 6.65. The van der Waals surface area contributed by atoms with Crippen molar-refractivity contribution in [3.05, 3.63) is 29.8 Å². The number of benzene rings is 1. The maximum atomic E-state index is 6.79. The van der Waals surface area contributed by atoms with E-state index in [1.807, 2.05) is 44.1 Å². The van der Waals surface area contributed by atoms with Crippen molar-refractivity contribution in [2.24, 2.45) is 4.99 Å². The topological polar surface area (TPSA) is 39.5 Å². The first kappa shape index (κ1) is 10.5. The fraction of sp³-hybridized carbons (Fsp3) is 0.364. The zero-order chi connectivity index (χ0) is 10.6. The van der Waals surface area contributed by atoms with Gasteiger partial charge in [0, 0.05) is 19.8 Å². The van der Waals surface area contributed by atoms with Crippen LogP contribution in [-0.4, -0.2) is 20.1 Å². The molecule has 0 saturated heterocycles. The molecule has 3 heteroatoms. The first-order valence-corrected chi connectivity index (χ1v) is 4.54. The smallest absolute Gasteiger partial charge is 0.0868 e. The second-order valence-electron chi connectivity index (χ2n) is 3.41. The molecule has 0 aromatic heterocycles. The van der Waals surface area contributed by atoms with Gasteiger partial charge in [-0.05, 0) is 24.6 Å². The van der Waals surface area contributed by atoms with E-state index in [0.717, 1.165) is 11.3 Å². The maximum absolute atomic E-state index is 6.79. The Morgan fingerprint density at radius 3 is 2.71 bits per heavy atom. The third-order valence-corrected chi connectivity index (χ3v) is 2.13. The molecule has 0 aliphatic carbocycles. The predicted octanol–water partition coefficient (Wildman–Crippen LogP) is 2.57. The monoisotopic (exact) mass is 189 g/mol. The lowest BCUT2D eigenvalue weighted by Crippen LogP contribution is -2.08. The molecule has 1 atom stereocenters. The molecule has 0 heterocycles. The third kappa shape index (κ3) is 2.44. The van der Waals surface area contributed by atoms with Gasteiger partial charge in [0.05, 0.1) is 12.1 Å². The maximum Gasteiger partial charge on any atom is 0.0868 e. The molecule has 0 aliphatic heterocycles. The van der Waals surface area contributed by atoms with Crippen LogP contribution in [0.2, 0.25) is 0 Å². The van der Waals surface area contributed by atoms with Gasteiger partial charge in [-0.15, -0.1) is 0 Å². The Morgan fingerprint density at radius 1 is 1.43 bits per heavy atom. The minimum atomic E-state index is 0.00685. The molecule has 1 aromatic carbocycles. The summed E-state index contributed by atoms with van der Waals surface area (Å²) in [6.07, 6.45) is 0. The van der Waals surface area contributed by atoms with Crippen LogP contribution in [0.1, 0.15) is 18.5 Å². The van der Waals surface area contributed by atoms with Gasteiger partial charge in [0.25, 0.3) is 0 Å². The van der Waals surface area contributed by atoms with E-state index in [1.165, 1.54) is 0 Å². The Labute approximate surface area is 84.6 Å². The molecular weight excluding hydrogens is 174 g/mol. The second kappa shape index (κ2) is 4.58. The number of nitrogens with zero attached hydrogens (tertiary/aromatic N) is 2. The average molecular weight is 189 g/mol. The molecular formula is C11H15N3. The largest absolute Gasteiger partial charge is 0.378 e. The fourth-order valence-electron chi connectivity index (χ4n) is 1.23. The van der Waals surface area contributed by atoms with Gasteiger partial charge < -0.3 is 4.90 Å². The highest BCUT2D eigenvalue weighted by Gasteiger charge is 2.03. The molecule has 74 valence electrons. The molecule has 0 aliphatic rings. The molecule has 0 radical (unpaired) electrons. The van der Waals surface area contributed by atoms with Crippen LogP contribution < -0.4 is 4.90 Å². The highest BCUT2D eigenvalue weighted by atomic mass is 15.1. The van der Waals surface area contributed by atoms with E-state index in [9.17, 15) is 0 Å². The zero-order valence-electron chi connectivity index (χ0n) is 8.78. The van der Waals surface area contributed by atoms with Crippen LogP contribution in [0.5, 0.6) is 0 Å². The van der Waals surface area contributed by atoms with Crippen molar-refractivity contribution in [3.8, 4) is 0 Å². The van der Waals surface area contributed by atoms with Crippen LogP contribution in [-0.2, 0) is 0 Å². The summed E-state index contributed by atoms with van der Waals surface area (Å²) in [6.45, 7) is 1.95. The standard InChI is InChI=1S/C11H15N3/c1-9(13-8-12)10-5-4-6-11(7-10)14(2)3/h4-7,9,12H,1-3H3. The quantitative estimate of drug-likeness (QED) is 0.729. The summed E-state index contributed by atoms with van der Waals surface area (Å²) in [5.74, 6) is 0. The van der Waals surface area contributed by atoms with Gasteiger partial charge in [-0.3, -0.25) is 0 Å². The number of aliphatic imine (C=N–C) groups is 1. The van der Waals surface area contributed by atoms with Gasteiger partial charge in [-0.1, -0.05) is 12.1 Å². The van der Waals surface area contributed by atoms with E-state index in [1.54, 1.807) is 0 Å². The number of nitrogens with one attached hydrogen (secondary N) is 1. The van der Waals surface area contributed by atoms with Gasteiger partial charge in [-0.2, -0.15) is 0 Å². The average Bonchev–Trinajstić information content (AvgIpc) is 2.18. The van der Waals surface area contributed by atoms with Gasteiger partial charge >= 0.3 is 0 Å². The number of anilines is 1. The molecule has 1 aromatic rings. The minimum absolute atomic E-state index is 0.00685. The van der Waals surface area contributed by atoms with E-state index in [4.69, 9.17) is 5.41 Å². The Kier molecular flexibility index (Phi) is 3.43. The molecule has 1 N–H and O–H groups in total. The van der Waals surface area contributed by atoms with E-state index >= 15 is 0 Å². The molecule has 1 rings (SSSR count). The highest BCUT2D eigenvalue weighted by Crippen LogP contribution is 2.20. The zero-order valence-corrected chi connectivity index (χ0v) is 8.78. The van der Waals surface area contributed by atoms with Crippen molar-refractivity contribution in [1.29, 1.82) is 5.41 Å².